The van der Waals surface area contributed by atoms with Crippen LogP contribution in [0.1, 0.15) is 5.56 Å². The Bertz CT molecular complexity index is 1360. The topological polar surface area (TPSA) is 73.2 Å². The van der Waals surface area contributed by atoms with Crippen molar-refractivity contribution in [2.45, 2.75) is 12.1 Å². The average molecular weight is 466 g/mol. The van der Waals surface area contributed by atoms with Crippen molar-refractivity contribution in [2.75, 3.05) is 18.2 Å². The zero-order valence-electron chi connectivity index (χ0n) is 17.5. The van der Waals surface area contributed by atoms with Gasteiger partial charge in [-0.1, -0.05) is 53.7 Å². The highest BCUT2D eigenvalue weighted by molar-refractivity contribution is 7.99. The fraction of sp³-hybridized carbons (Fsp3) is 0.125. The minimum Gasteiger partial charge on any atom is -0.495 e. The lowest BCUT2D eigenvalue weighted by atomic mass is 10.2. The van der Waals surface area contributed by atoms with E-state index in [2.05, 4.69) is 10.3 Å². The van der Waals surface area contributed by atoms with E-state index in [1.807, 2.05) is 43.3 Å². The van der Waals surface area contributed by atoms with Gasteiger partial charge in [0, 0.05) is 16.8 Å². The summed E-state index contributed by atoms with van der Waals surface area (Å²) in [6, 6.07) is 19.8. The highest BCUT2D eigenvalue weighted by Gasteiger charge is 2.19. The molecule has 0 aliphatic heterocycles. The molecule has 0 fully saturated rings. The van der Waals surface area contributed by atoms with Crippen LogP contribution >= 0.6 is 23.4 Å². The van der Waals surface area contributed by atoms with E-state index in [0.717, 1.165) is 5.56 Å². The number of benzene rings is 3. The number of rotatable bonds is 6. The molecule has 0 unspecified atom stereocenters. The number of aromatic nitrogens is 2. The lowest BCUT2D eigenvalue weighted by Gasteiger charge is -2.17. The standard InChI is InChI=1S/C24H20ClN3O3S/c1-15-12-20(21(31-2)13-18(15)25)28-23(30)17-10-6-7-11-19(17)27-24(28)32-14-22(29)26-16-8-4-3-5-9-16/h3-13H,14H2,1-2H3,(H,26,29). The Morgan fingerprint density at radius 1 is 1.12 bits per heavy atom. The van der Waals surface area contributed by atoms with Crippen LogP contribution in [0.3, 0.4) is 0 Å². The number of amides is 1. The number of carbonyl (C=O) groups is 1. The third-order valence-corrected chi connectivity index (χ3v) is 6.18. The smallest absolute Gasteiger partial charge is 0.266 e. The number of nitrogens with one attached hydrogen (secondary N) is 1. The predicted molar refractivity (Wildman–Crippen MR) is 129 cm³/mol. The summed E-state index contributed by atoms with van der Waals surface area (Å²) in [5.41, 5.74) is 2.33. The van der Waals surface area contributed by atoms with Crippen LogP contribution in [0.4, 0.5) is 5.69 Å². The van der Waals surface area contributed by atoms with Crippen LogP contribution in [0.2, 0.25) is 5.02 Å². The third-order valence-electron chi connectivity index (χ3n) is 4.84. The van der Waals surface area contributed by atoms with Crippen molar-refractivity contribution >= 4 is 45.9 Å². The van der Waals surface area contributed by atoms with Crippen LogP contribution in [0.5, 0.6) is 5.75 Å². The number of nitrogens with zero attached hydrogens (tertiary/aromatic N) is 2. The maximum absolute atomic E-state index is 13.5. The van der Waals surface area contributed by atoms with E-state index < -0.39 is 0 Å². The summed E-state index contributed by atoms with van der Waals surface area (Å²) in [6.07, 6.45) is 0. The number of halogens is 1. The molecule has 0 bridgehead atoms. The number of anilines is 1. The minimum absolute atomic E-state index is 0.0779. The Labute approximate surface area is 194 Å². The zero-order chi connectivity index (χ0) is 22.7. The molecule has 1 aromatic heterocycles. The molecule has 0 aliphatic rings. The molecular weight excluding hydrogens is 446 g/mol. The number of ether oxygens (including phenoxy) is 1. The molecule has 32 heavy (non-hydrogen) atoms. The van der Waals surface area contributed by atoms with E-state index in [4.69, 9.17) is 16.3 Å². The molecule has 6 nitrogen and oxygen atoms in total. The van der Waals surface area contributed by atoms with Crippen LogP contribution in [0.25, 0.3) is 16.6 Å². The molecule has 1 N–H and O–H groups in total. The summed E-state index contributed by atoms with van der Waals surface area (Å²) in [5, 5.41) is 4.24. The van der Waals surface area contributed by atoms with Crippen LogP contribution in [-0.2, 0) is 4.79 Å². The van der Waals surface area contributed by atoms with Gasteiger partial charge in [-0.3, -0.25) is 14.2 Å². The molecule has 0 aliphatic carbocycles. The molecule has 1 amide bonds. The summed E-state index contributed by atoms with van der Waals surface area (Å²) >= 11 is 7.44. The summed E-state index contributed by atoms with van der Waals surface area (Å²) in [5.74, 6) is 0.318. The molecule has 1 heterocycles. The van der Waals surface area contributed by atoms with Crippen molar-refractivity contribution in [1.29, 1.82) is 0 Å². The largest absolute Gasteiger partial charge is 0.495 e. The summed E-state index contributed by atoms with van der Waals surface area (Å²) in [4.78, 5) is 30.7. The number of hydrogen-bond donors (Lipinski definition) is 1. The number of fused-ring (bicyclic) bond motifs is 1. The van der Waals surface area contributed by atoms with Crippen molar-refractivity contribution in [2.24, 2.45) is 0 Å². The van der Waals surface area contributed by atoms with Crippen molar-refractivity contribution in [3.63, 3.8) is 0 Å². The van der Waals surface area contributed by atoms with E-state index >= 15 is 0 Å². The molecule has 4 rings (SSSR count). The first-order chi connectivity index (χ1) is 15.5. The van der Waals surface area contributed by atoms with Crippen LogP contribution < -0.4 is 15.6 Å². The van der Waals surface area contributed by atoms with Crippen LogP contribution in [0, 0.1) is 6.92 Å². The van der Waals surface area contributed by atoms with E-state index in [1.54, 1.807) is 30.3 Å². The van der Waals surface area contributed by atoms with Gasteiger partial charge in [0.25, 0.3) is 5.56 Å². The molecule has 4 aromatic rings. The Morgan fingerprint density at radius 3 is 2.59 bits per heavy atom. The third kappa shape index (κ3) is 4.49. The Kier molecular flexibility index (Phi) is 6.48. The second-order valence-corrected chi connectivity index (χ2v) is 8.38. The fourth-order valence-electron chi connectivity index (χ4n) is 3.26. The van der Waals surface area contributed by atoms with E-state index in [0.29, 0.717) is 38.2 Å². The second kappa shape index (κ2) is 9.46. The number of methoxy groups -OCH3 is 1. The van der Waals surface area contributed by atoms with Gasteiger partial charge in [-0.15, -0.1) is 0 Å². The Balaban J connectivity index is 1.78. The number of thioether (sulfide) groups is 1. The highest BCUT2D eigenvalue weighted by atomic mass is 35.5. The van der Waals surface area contributed by atoms with Crippen molar-refractivity contribution in [3.8, 4) is 11.4 Å². The van der Waals surface area contributed by atoms with Gasteiger partial charge in [-0.25, -0.2) is 4.98 Å². The van der Waals surface area contributed by atoms with Gasteiger partial charge in [0.05, 0.1) is 29.5 Å². The van der Waals surface area contributed by atoms with Gasteiger partial charge in [0.1, 0.15) is 5.75 Å². The van der Waals surface area contributed by atoms with Crippen LogP contribution in [0.15, 0.2) is 76.7 Å². The van der Waals surface area contributed by atoms with Gasteiger partial charge in [0.2, 0.25) is 5.91 Å². The van der Waals surface area contributed by atoms with Gasteiger partial charge >= 0.3 is 0 Å². The first-order valence-corrected chi connectivity index (χ1v) is 11.2. The number of hydrogen-bond acceptors (Lipinski definition) is 5. The summed E-state index contributed by atoms with van der Waals surface area (Å²) in [6.45, 7) is 1.85. The van der Waals surface area contributed by atoms with E-state index in [-0.39, 0.29) is 17.2 Å². The molecule has 0 saturated heterocycles. The Hall–Kier alpha value is -3.29. The van der Waals surface area contributed by atoms with Gasteiger partial charge < -0.3 is 10.1 Å². The first kappa shape index (κ1) is 21.9. The highest BCUT2D eigenvalue weighted by Crippen LogP contribution is 2.32. The molecule has 0 atom stereocenters. The maximum atomic E-state index is 13.5. The lowest BCUT2D eigenvalue weighted by molar-refractivity contribution is -0.113. The van der Waals surface area contributed by atoms with Crippen molar-refractivity contribution in [1.82, 2.24) is 9.55 Å². The van der Waals surface area contributed by atoms with E-state index in [9.17, 15) is 9.59 Å². The fourth-order valence-corrected chi connectivity index (χ4v) is 4.22. The second-order valence-electron chi connectivity index (χ2n) is 7.03. The Morgan fingerprint density at radius 2 is 1.84 bits per heavy atom. The van der Waals surface area contributed by atoms with Gasteiger partial charge in [0.15, 0.2) is 5.16 Å². The minimum atomic E-state index is -0.249. The molecule has 0 radical (unpaired) electrons. The average Bonchev–Trinajstić information content (AvgIpc) is 2.80. The van der Waals surface area contributed by atoms with E-state index in [1.165, 1.54) is 23.4 Å². The first-order valence-electron chi connectivity index (χ1n) is 9.82. The number of aryl methyl sites for hydroxylation is 1. The number of para-hydroxylation sites is 2. The molecule has 162 valence electrons. The van der Waals surface area contributed by atoms with Crippen molar-refractivity contribution < 1.29 is 9.53 Å². The monoisotopic (exact) mass is 465 g/mol. The molecule has 0 spiro atoms. The molecular formula is C24H20ClN3O3S. The summed E-state index contributed by atoms with van der Waals surface area (Å²) in [7, 11) is 1.52. The summed E-state index contributed by atoms with van der Waals surface area (Å²) < 4.78 is 6.98. The zero-order valence-corrected chi connectivity index (χ0v) is 19.0. The number of carbonyl (C=O) groups excluding carboxylic acids is 1. The maximum Gasteiger partial charge on any atom is 0.266 e. The SMILES string of the molecule is COc1cc(Cl)c(C)cc1-n1c(SCC(=O)Nc2ccccc2)nc2ccccc2c1=O. The molecule has 8 heteroatoms. The van der Waals surface area contributed by atoms with Crippen molar-refractivity contribution in [3.05, 3.63) is 87.7 Å². The molecule has 3 aromatic carbocycles. The molecule has 0 saturated carbocycles. The quantitative estimate of drug-likeness (QED) is 0.317. The van der Waals surface area contributed by atoms with Gasteiger partial charge in [-0.05, 0) is 42.8 Å². The van der Waals surface area contributed by atoms with Crippen LogP contribution in [-0.4, -0.2) is 28.3 Å². The lowest BCUT2D eigenvalue weighted by Crippen LogP contribution is -2.23. The normalized spacial score (nSPS) is 10.8. The van der Waals surface area contributed by atoms with Gasteiger partial charge in [-0.2, -0.15) is 0 Å². The predicted octanol–water partition coefficient (Wildman–Crippen LogP) is 5.09.